The van der Waals surface area contributed by atoms with Crippen LogP contribution in [0.3, 0.4) is 0 Å². The molecule has 0 radical (unpaired) electrons. The van der Waals surface area contributed by atoms with Gasteiger partial charge in [-0.15, -0.1) is 0 Å². The van der Waals surface area contributed by atoms with Gasteiger partial charge in [0.1, 0.15) is 23.1 Å². The van der Waals surface area contributed by atoms with Crippen LogP contribution in [0.25, 0.3) is 44.1 Å². The van der Waals surface area contributed by atoms with Gasteiger partial charge in [-0.3, -0.25) is 19.8 Å². The molecule has 338 valence electrons. The lowest BCUT2D eigenvalue weighted by atomic mass is 9.96. The molecule has 0 spiro atoms. The summed E-state index contributed by atoms with van der Waals surface area (Å²) in [6.45, 7) is 6.42. The molecule has 8 aromatic rings. The van der Waals surface area contributed by atoms with Crippen molar-refractivity contribution in [2.75, 3.05) is 34.4 Å². The van der Waals surface area contributed by atoms with Gasteiger partial charge in [-0.2, -0.15) is 10.2 Å². The van der Waals surface area contributed by atoms with Crippen LogP contribution in [0.1, 0.15) is 62.4 Å². The van der Waals surface area contributed by atoms with E-state index >= 15 is 0 Å². The number of H-pyrrole nitrogens is 2. The second kappa shape index (κ2) is 20.2. The molecule has 6 aromatic carbocycles. The van der Waals surface area contributed by atoms with Crippen molar-refractivity contribution in [3.05, 3.63) is 166 Å². The lowest BCUT2D eigenvalue weighted by Crippen LogP contribution is -2.28. The molecule has 0 saturated carbocycles. The van der Waals surface area contributed by atoms with Gasteiger partial charge in [0, 0.05) is 79.8 Å². The van der Waals surface area contributed by atoms with Crippen molar-refractivity contribution >= 4 is 33.6 Å². The average molecular weight is 891 g/mol. The summed E-state index contributed by atoms with van der Waals surface area (Å²) in [4.78, 5) is 31.8. The largest absolute Gasteiger partial charge is 0.493 e. The van der Waals surface area contributed by atoms with Crippen molar-refractivity contribution in [3.63, 3.8) is 0 Å². The highest BCUT2D eigenvalue weighted by atomic mass is 19.1. The van der Waals surface area contributed by atoms with Gasteiger partial charge >= 0.3 is 0 Å². The molecule has 2 heterocycles. The van der Waals surface area contributed by atoms with Crippen molar-refractivity contribution in [1.82, 2.24) is 40.8 Å². The van der Waals surface area contributed by atoms with E-state index in [0.29, 0.717) is 83.3 Å². The molecular weight excluding hydrogens is 839 g/mol. The second-order valence-electron chi connectivity index (χ2n) is 16.2. The normalized spacial score (nSPS) is 11.3. The Labute approximate surface area is 381 Å². The predicted molar refractivity (Wildman–Crippen MR) is 253 cm³/mol. The molecule has 0 aliphatic heterocycles. The minimum Gasteiger partial charge on any atom is -0.493 e. The summed E-state index contributed by atoms with van der Waals surface area (Å²) in [5, 5.41) is 23.4. The third-order valence-corrected chi connectivity index (χ3v) is 11.5. The first kappa shape index (κ1) is 45.2. The number of amides is 2. The molecule has 0 aliphatic rings. The summed E-state index contributed by atoms with van der Waals surface area (Å²) in [6.07, 6.45) is 3.55. The Hall–Kier alpha value is -7.42. The number of nitrogens with zero attached hydrogens (tertiary/aromatic N) is 4. The highest BCUT2D eigenvalue weighted by Gasteiger charge is 2.23. The fourth-order valence-electron chi connectivity index (χ4n) is 8.42. The van der Waals surface area contributed by atoms with Crippen LogP contribution in [-0.2, 0) is 32.7 Å². The summed E-state index contributed by atoms with van der Waals surface area (Å²) in [6, 6.07) is 29.6. The maximum atomic E-state index is 14.6. The number of nitrogens with one attached hydrogen (secondary N) is 4. The molecule has 0 bridgehead atoms. The van der Waals surface area contributed by atoms with Gasteiger partial charge in [-0.25, -0.2) is 8.78 Å². The maximum absolute atomic E-state index is 14.6. The minimum atomic E-state index is -0.382. The Balaban J connectivity index is 1.05. The Kier molecular flexibility index (Phi) is 13.8. The van der Waals surface area contributed by atoms with E-state index in [1.807, 2.05) is 51.2 Å². The van der Waals surface area contributed by atoms with E-state index < -0.39 is 0 Å². The van der Waals surface area contributed by atoms with Gasteiger partial charge in [0.15, 0.2) is 0 Å². The zero-order chi connectivity index (χ0) is 46.3. The van der Waals surface area contributed by atoms with Crippen LogP contribution in [0.4, 0.5) is 8.78 Å². The zero-order valence-electron chi connectivity index (χ0n) is 37.6. The number of aromatic nitrogens is 4. The van der Waals surface area contributed by atoms with Gasteiger partial charge in [0.2, 0.25) is 0 Å². The van der Waals surface area contributed by atoms with E-state index in [2.05, 4.69) is 37.1 Å². The molecule has 8 rings (SSSR count). The smallest absolute Gasteiger partial charge is 0.254 e. The van der Waals surface area contributed by atoms with Crippen LogP contribution in [0, 0.1) is 11.6 Å². The number of aromatic amines is 2. The van der Waals surface area contributed by atoms with Crippen LogP contribution in [0.15, 0.2) is 116 Å². The first-order valence-corrected chi connectivity index (χ1v) is 21.9. The van der Waals surface area contributed by atoms with E-state index in [4.69, 9.17) is 9.47 Å². The Morgan fingerprint density at radius 2 is 1.29 bits per heavy atom. The topological polar surface area (TPSA) is 140 Å². The van der Waals surface area contributed by atoms with Crippen LogP contribution >= 0.6 is 0 Å². The van der Waals surface area contributed by atoms with Gasteiger partial charge in [0.25, 0.3) is 11.8 Å². The van der Waals surface area contributed by atoms with Crippen molar-refractivity contribution < 1.29 is 27.8 Å². The lowest BCUT2D eigenvalue weighted by Gasteiger charge is -2.22. The van der Waals surface area contributed by atoms with Crippen molar-refractivity contribution in [3.8, 4) is 33.8 Å². The number of benzene rings is 6. The number of hydrogen-bond acceptors (Lipinski definition) is 8. The van der Waals surface area contributed by atoms with Crippen molar-refractivity contribution in [1.29, 1.82) is 0 Å². The monoisotopic (exact) mass is 890 g/mol. The second-order valence-corrected chi connectivity index (χ2v) is 16.2. The predicted octanol–water partition coefficient (Wildman–Crippen LogP) is 9.40. The SMILES string of the molecule is CCOc1cc(C(=O)N(C)Cc2cc(CNCc3cc(-c4cccc(F)c4)c(OCC)cc3C(=O)N(C)Cc3ccc(CNC)c4cn[nH]c34)cc3cn[nH]c23)ccc1-c1cccc(F)c1. The molecular formula is C52H52F2N8O4. The Morgan fingerprint density at radius 1 is 0.636 bits per heavy atom. The number of halogens is 2. The lowest BCUT2D eigenvalue weighted by molar-refractivity contribution is 0.0777. The molecule has 0 aliphatic carbocycles. The Morgan fingerprint density at radius 3 is 2.00 bits per heavy atom. The first-order chi connectivity index (χ1) is 32.0. The summed E-state index contributed by atoms with van der Waals surface area (Å²) in [7, 11) is 5.41. The number of fused-ring (bicyclic) bond motifs is 2. The molecule has 66 heavy (non-hydrogen) atoms. The van der Waals surface area contributed by atoms with Gasteiger partial charge in [0.05, 0.1) is 36.6 Å². The molecule has 2 amide bonds. The molecule has 12 nitrogen and oxygen atoms in total. The standard InChI is InChI=1S/C52H52F2N8O4/c1-6-65-47-23-35(16-17-43(47)33-10-8-12-41(53)20-33)51(63)61(4)31-40-19-32(18-39-28-57-59-49(39)40)25-56-27-38-22-44(34-11-9-13-42(54)21-34)48(66-7-2)24-45(38)52(64)62(5)30-37-15-14-36(26-55-3)46-29-58-60-50(37)46/h8-24,28-29,55-56H,6-7,25-27,30-31H2,1-5H3,(H,57,59)(H,58,60). The summed E-state index contributed by atoms with van der Waals surface area (Å²) >= 11 is 0. The molecule has 0 unspecified atom stereocenters. The summed E-state index contributed by atoms with van der Waals surface area (Å²) in [5.74, 6) is -0.207. The minimum absolute atomic E-state index is 0.211. The number of ether oxygens (including phenoxy) is 2. The molecule has 2 aromatic heterocycles. The van der Waals surface area contributed by atoms with Crippen molar-refractivity contribution in [2.45, 2.75) is 46.6 Å². The average Bonchev–Trinajstić information content (AvgIpc) is 4.01. The third kappa shape index (κ3) is 9.80. The fourth-order valence-corrected chi connectivity index (χ4v) is 8.42. The quantitative estimate of drug-likeness (QED) is 0.0669. The van der Waals surface area contributed by atoms with Crippen LogP contribution in [-0.4, -0.2) is 76.4 Å². The van der Waals surface area contributed by atoms with Gasteiger partial charge in [-0.1, -0.05) is 42.5 Å². The zero-order valence-corrected chi connectivity index (χ0v) is 37.6. The molecule has 0 saturated heterocycles. The fraction of sp³-hybridized carbons (Fsp3) is 0.231. The van der Waals surface area contributed by atoms with Crippen LogP contribution in [0.5, 0.6) is 11.5 Å². The van der Waals surface area contributed by atoms with Gasteiger partial charge < -0.3 is 29.9 Å². The van der Waals surface area contributed by atoms with Crippen LogP contribution in [0.2, 0.25) is 0 Å². The van der Waals surface area contributed by atoms with E-state index in [1.54, 1.807) is 78.8 Å². The number of carbonyl (C=O) groups excluding carboxylic acids is 2. The molecule has 14 heteroatoms. The third-order valence-electron chi connectivity index (χ3n) is 11.5. The molecule has 0 fully saturated rings. The van der Waals surface area contributed by atoms with Gasteiger partial charge in [-0.05, 0) is 121 Å². The maximum Gasteiger partial charge on any atom is 0.254 e. The van der Waals surface area contributed by atoms with Crippen LogP contribution < -0.4 is 20.1 Å². The van der Waals surface area contributed by atoms with E-state index in [1.165, 1.54) is 24.3 Å². The van der Waals surface area contributed by atoms with Crippen molar-refractivity contribution in [2.24, 2.45) is 0 Å². The highest BCUT2D eigenvalue weighted by molar-refractivity contribution is 5.98. The Bertz CT molecular complexity index is 3040. The molecule has 4 N–H and O–H groups in total. The summed E-state index contributed by atoms with van der Waals surface area (Å²) < 4.78 is 40.8. The van der Waals surface area contributed by atoms with E-state index in [9.17, 15) is 18.4 Å². The number of hydrogen-bond donors (Lipinski definition) is 4. The molecule has 0 atom stereocenters. The first-order valence-electron chi connectivity index (χ1n) is 21.9. The number of rotatable bonds is 18. The van der Waals surface area contributed by atoms with E-state index in [-0.39, 0.29) is 36.5 Å². The highest BCUT2D eigenvalue weighted by Crippen LogP contribution is 2.36. The summed E-state index contributed by atoms with van der Waals surface area (Å²) in [5.41, 5.74) is 9.71. The number of carbonyl (C=O) groups is 2. The van der Waals surface area contributed by atoms with E-state index in [0.717, 1.165) is 44.1 Å².